The van der Waals surface area contributed by atoms with Crippen LogP contribution in [0.25, 0.3) is 22.2 Å². The van der Waals surface area contributed by atoms with E-state index < -0.39 is 6.29 Å². The van der Waals surface area contributed by atoms with Gasteiger partial charge in [-0.2, -0.15) is 0 Å². The zero-order valence-electron chi connectivity index (χ0n) is 26.2. The Morgan fingerprint density at radius 1 is 0.787 bits per heavy atom. The largest absolute Gasteiger partial charge is 0.392 e. The molecule has 47 heavy (non-hydrogen) atoms. The summed E-state index contributed by atoms with van der Waals surface area (Å²) in [6, 6.07) is 41.8. The van der Waals surface area contributed by atoms with E-state index >= 15 is 0 Å². The van der Waals surface area contributed by atoms with E-state index in [0.29, 0.717) is 18.7 Å². The number of imidazole rings is 1. The maximum atomic E-state index is 12.6. The number of benzene rings is 5. The number of hydrogen-bond donors (Lipinski definition) is 2. The monoisotopic (exact) mass is 623 g/mol. The lowest BCUT2D eigenvalue weighted by Gasteiger charge is -2.41. The summed E-state index contributed by atoms with van der Waals surface area (Å²) in [6.07, 6.45) is 0.906. The maximum absolute atomic E-state index is 12.6. The van der Waals surface area contributed by atoms with Crippen molar-refractivity contribution in [3.05, 3.63) is 162 Å². The Labute approximate surface area is 274 Å². The molecule has 1 aliphatic rings. The molecular formula is C40H37N3O4. The molecule has 0 radical (unpaired) electrons. The summed E-state index contributed by atoms with van der Waals surface area (Å²) in [5, 5.41) is 12.6. The molecule has 1 amide bonds. The van der Waals surface area contributed by atoms with E-state index in [4.69, 9.17) is 9.47 Å². The van der Waals surface area contributed by atoms with Crippen molar-refractivity contribution in [3.63, 3.8) is 0 Å². The van der Waals surface area contributed by atoms with Crippen LogP contribution in [0.4, 0.5) is 0 Å². The first-order valence-corrected chi connectivity index (χ1v) is 16.0. The van der Waals surface area contributed by atoms with Gasteiger partial charge in [0.2, 0.25) is 0 Å². The predicted octanol–water partition coefficient (Wildman–Crippen LogP) is 7.62. The lowest BCUT2D eigenvalue weighted by atomic mass is 9.90. The van der Waals surface area contributed by atoms with Gasteiger partial charge in [-0.05, 0) is 64.2 Å². The fourth-order valence-electron chi connectivity index (χ4n) is 6.28. The molecule has 7 heteroatoms. The normalized spacial score (nSPS) is 19.4. The average Bonchev–Trinajstić information content (AvgIpc) is 3.54. The molecular weight excluding hydrogens is 586 g/mol. The number of aliphatic hydroxyl groups excluding tert-OH is 1. The van der Waals surface area contributed by atoms with Crippen molar-refractivity contribution in [3.8, 4) is 11.1 Å². The molecule has 1 aliphatic heterocycles. The van der Waals surface area contributed by atoms with Crippen LogP contribution in [0.1, 0.15) is 51.9 Å². The van der Waals surface area contributed by atoms with Crippen molar-refractivity contribution in [2.75, 3.05) is 0 Å². The molecule has 0 spiro atoms. The minimum absolute atomic E-state index is 0.00316. The molecule has 1 fully saturated rings. The highest BCUT2D eigenvalue weighted by Gasteiger charge is 2.38. The summed E-state index contributed by atoms with van der Waals surface area (Å²) in [6.45, 7) is 3.22. The van der Waals surface area contributed by atoms with Gasteiger partial charge in [-0.1, -0.05) is 97.9 Å². The van der Waals surface area contributed by atoms with Crippen LogP contribution in [-0.4, -0.2) is 26.7 Å². The van der Waals surface area contributed by atoms with E-state index in [0.717, 1.165) is 44.4 Å². The third-order valence-corrected chi connectivity index (χ3v) is 8.94. The van der Waals surface area contributed by atoms with Crippen LogP contribution in [0.5, 0.6) is 0 Å². The number of hydrogen-bond acceptors (Lipinski definition) is 5. The lowest BCUT2D eigenvalue weighted by molar-refractivity contribution is -0.276. The van der Waals surface area contributed by atoms with Gasteiger partial charge < -0.3 is 24.5 Å². The fraction of sp³-hybridized carbons (Fsp3) is 0.200. The fourth-order valence-corrected chi connectivity index (χ4v) is 6.28. The van der Waals surface area contributed by atoms with Crippen molar-refractivity contribution in [1.82, 2.24) is 14.9 Å². The summed E-state index contributed by atoms with van der Waals surface area (Å²) in [5.41, 5.74) is 8.58. The molecule has 4 unspecified atom stereocenters. The molecule has 1 saturated heterocycles. The Bertz CT molecular complexity index is 1970. The number of aromatic nitrogens is 2. The second-order valence-electron chi connectivity index (χ2n) is 12.1. The first kappa shape index (κ1) is 30.6. The number of amides is 1. The van der Waals surface area contributed by atoms with Gasteiger partial charge in [-0.15, -0.1) is 0 Å². The molecule has 7 nitrogen and oxygen atoms in total. The zero-order valence-corrected chi connectivity index (χ0v) is 26.2. The van der Waals surface area contributed by atoms with Crippen LogP contribution >= 0.6 is 0 Å². The van der Waals surface area contributed by atoms with Gasteiger partial charge in [0.25, 0.3) is 5.91 Å². The molecule has 1 aromatic heterocycles. The standard InChI is InChI=1S/C40H37N3O4/c1-27-37(24-43-26-42-35-15-5-6-16-36(35)43)46-40(47-38(27)30-19-17-28(25-44)18-20-30)34-14-8-13-33(22-34)32-12-7-9-29(21-32)23-41-39(45)31-10-3-2-4-11-31/h2-22,26-27,37-38,40,44H,23-25H2,1H3,(H,41,45). The topological polar surface area (TPSA) is 85.6 Å². The first-order chi connectivity index (χ1) is 23.1. The molecule has 4 atom stereocenters. The quantitative estimate of drug-likeness (QED) is 0.173. The number of carbonyl (C=O) groups excluding carboxylic acids is 1. The van der Waals surface area contributed by atoms with Gasteiger partial charge in [0.05, 0.1) is 42.7 Å². The molecule has 0 saturated carbocycles. The summed E-state index contributed by atoms with van der Waals surface area (Å²) < 4.78 is 15.7. The number of carbonyl (C=O) groups is 1. The van der Waals surface area contributed by atoms with Crippen molar-refractivity contribution in [2.24, 2.45) is 5.92 Å². The number of aliphatic hydroxyl groups is 1. The van der Waals surface area contributed by atoms with E-state index in [9.17, 15) is 9.90 Å². The SMILES string of the molecule is CC1C(Cn2cnc3ccccc32)OC(c2cccc(-c3cccc(CNC(=O)c4ccccc4)c3)c2)OC1c1ccc(CO)cc1. The predicted molar refractivity (Wildman–Crippen MR) is 182 cm³/mol. The highest BCUT2D eigenvalue weighted by molar-refractivity contribution is 5.94. The molecule has 7 rings (SSSR count). The smallest absolute Gasteiger partial charge is 0.251 e. The van der Waals surface area contributed by atoms with Crippen molar-refractivity contribution >= 4 is 16.9 Å². The van der Waals surface area contributed by atoms with E-state index in [1.54, 1.807) is 0 Å². The van der Waals surface area contributed by atoms with Gasteiger partial charge in [0, 0.05) is 23.6 Å². The number of nitrogens with zero attached hydrogens (tertiary/aromatic N) is 2. The Hall–Kier alpha value is -5.08. The summed E-state index contributed by atoms with van der Waals surface area (Å²) in [7, 11) is 0. The van der Waals surface area contributed by atoms with Crippen LogP contribution in [-0.2, 0) is 29.2 Å². The highest BCUT2D eigenvalue weighted by Crippen LogP contribution is 2.43. The Morgan fingerprint density at radius 3 is 2.34 bits per heavy atom. The van der Waals surface area contributed by atoms with Crippen LogP contribution in [0.2, 0.25) is 0 Å². The molecule has 0 bridgehead atoms. The number of para-hydroxylation sites is 2. The number of fused-ring (bicyclic) bond motifs is 1. The van der Waals surface area contributed by atoms with Crippen molar-refractivity contribution in [2.45, 2.75) is 45.1 Å². The summed E-state index contributed by atoms with van der Waals surface area (Å²) >= 11 is 0. The molecule has 236 valence electrons. The molecule has 5 aromatic carbocycles. The van der Waals surface area contributed by atoms with E-state index in [-0.39, 0.29) is 30.6 Å². The van der Waals surface area contributed by atoms with Crippen molar-refractivity contribution in [1.29, 1.82) is 0 Å². The summed E-state index contributed by atoms with van der Waals surface area (Å²) in [5.74, 6) is -0.0593. The minimum Gasteiger partial charge on any atom is -0.392 e. The third kappa shape index (κ3) is 6.74. The van der Waals surface area contributed by atoms with Gasteiger partial charge in [0.15, 0.2) is 6.29 Å². The second kappa shape index (κ2) is 13.7. The second-order valence-corrected chi connectivity index (χ2v) is 12.1. The van der Waals surface area contributed by atoms with E-state index in [2.05, 4.69) is 52.1 Å². The minimum atomic E-state index is -0.596. The highest BCUT2D eigenvalue weighted by atomic mass is 16.7. The molecule has 6 aromatic rings. The number of rotatable bonds is 9. The zero-order chi connectivity index (χ0) is 32.2. The van der Waals surface area contributed by atoms with Gasteiger partial charge >= 0.3 is 0 Å². The Morgan fingerprint density at radius 2 is 1.53 bits per heavy atom. The van der Waals surface area contributed by atoms with Crippen LogP contribution in [0.15, 0.2) is 134 Å². The lowest BCUT2D eigenvalue weighted by Crippen LogP contribution is -2.39. The van der Waals surface area contributed by atoms with Gasteiger partial charge in [-0.25, -0.2) is 4.98 Å². The molecule has 2 heterocycles. The Kier molecular flexibility index (Phi) is 8.93. The van der Waals surface area contributed by atoms with Gasteiger partial charge in [0.1, 0.15) is 0 Å². The van der Waals surface area contributed by atoms with E-state index in [1.807, 2.05) is 103 Å². The van der Waals surface area contributed by atoms with Gasteiger partial charge in [-0.3, -0.25) is 4.79 Å². The Balaban J connectivity index is 1.15. The van der Waals surface area contributed by atoms with Crippen molar-refractivity contribution < 1.29 is 19.4 Å². The number of nitrogens with one attached hydrogen (secondary N) is 1. The van der Waals surface area contributed by atoms with Crippen LogP contribution < -0.4 is 5.32 Å². The van der Waals surface area contributed by atoms with E-state index in [1.165, 1.54) is 0 Å². The summed E-state index contributed by atoms with van der Waals surface area (Å²) in [4.78, 5) is 17.2. The third-order valence-electron chi connectivity index (χ3n) is 8.94. The maximum Gasteiger partial charge on any atom is 0.251 e. The average molecular weight is 624 g/mol. The number of ether oxygens (including phenoxy) is 2. The molecule has 2 N–H and O–H groups in total. The van der Waals surface area contributed by atoms with Crippen LogP contribution in [0, 0.1) is 5.92 Å². The molecule has 0 aliphatic carbocycles. The van der Waals surface area contributed by atoms with Crippen LogP contribution in [0.3, 0.4) is 0 Å². The first-order valence-electron chi connectivity index (χ1n) is 16.0.